The Morgan fingerprint density at radius 3 is 2.54 bits per heavy atom. The van der Waals surface area contributed by atoms with Crippen molar-refractivity contribution in [1.82, 2.24) is 19.1 Å². The van der Waals surface area contributed by atoms with Gasteiger partial charge in [0, 0.05) is 5.56 Å². The molecule has 1 aromatic carbocycles. The number of fused-ring (bicyclic) bond motifs is 1. The summed E-state index contributed by atoms with van der Waals surface area (Å²) in [5.41, 5.74) is 0.895. The second-order valence-corrected chi connectivity index (χ2v) is 9.97. The number of benzene rings is 1. The number of ether oxygens (including phenoxy) is 2. The van der Waals surface area contributed by atoms with Crippen LogP contribution in [0.5, 0.6) is 5.75 Å². The molecule has 0 radical (unpaired) electrons. The number of nitrogens with zero attached hydrogens (tertiary/aromatic N) is 4. The highest BCUT2D eigenvalue weighted by atomic mass is 32.1. The number of carboxylic acid groups (broad SMARTS) is 1. The third kappa shape index (κ3) is 5.07. The van der Waals surface area contributed by atoms with E-state index >= 15 is 0 Å². The molecule has 4 rings (SSSR count). The third-order valence-electron chi connectivity index (χ3n) is 6.00. The average Bonchev–Trinajstić information content (AvgIpc) is 3.40. The minimum Gasteiger partial charge on any atom is -0.496 e. The SMILES string of the molecule is COc1ccccc1[C@H](Cn1c(=S)n(C(C)(C)C(=O)O)c(=S)c2nc(-c3ncco3)ccc21)OC(C)C. The molecule has 0 spiro atoms. The summed E-state index contributed by atoms with van der Waals surface area (Å²) in [6.45, 7) is 7.27. The van der Waals surface area contributed by atoms with Crippen LogP contribution in [0.4, 0.5) is 0 Å². The Bertz CT molecular complexity index is 1560. The Morgan fingerprint density at radius 2 is 1.92 bits per heavy atom. The highest BCUT2D eigenvalue weighted by Gasteiger charge is 2.33. The molecular weight excluding hydrogens is 512 g/mol. The van der Waals surface area contributed by atoms with Gasteiger partial charge in [-0.05, 0) is 58.1 Å². The standard InChI is InChI=1S/C26H28N4O5S2/c1-15(2)35-20(16-8-6-7-9-19(16)33-5)14-29-18-11-10-17(22-27-12-13-34-22)28-21(18)23(36)30(25(29)37)26(3,4)24(31)32/h6-13,15,20H,14H2,1-5H3,(H,31,32)/t20-/m0/s1. The zero-order chi connectivity index (χ0) is 26.9. The normalized spacial score (nSPS) is 12.7. The van der Waals surface area contributed by atoms with Crippen molar-refractivity contribution in [3.05, 3.63) is 63.8 Å². The first-order valence-electron chi connectivity index (χ1n) is 11.6. The van der Waals surface area contributed by atoms with E-state index in [0.717, 1.165) is 5.56 Å². The molecule has 0 amide bonds. The lowest BCUT2D eigenvalue weighted by atomic mass is 10.1. The van der Waals surface area contributed by atoms with E-state index < -0.39 is 17.6 Å². The molecule has 11 heteroatoms. The molecule has 3 heterocycles. The summed E-state index contributed by atoms with van der Waals surface area (Å²) < 4.78 is 21.1. The monoisotopic (exact) mass is 540 g/mol. The summed E-state index contributed by atoms with van der Waals surface area (Å²) in [4.78, 5) is 21.2. The van der Waals surface area contributed by atoms with Gasteiger partial charge in [0.15, 0.2) is 4.77 Å². The first-order chi connectivity index (χ1) is 17.6. The van der Waals surface area contributed by atoms with Crippen molar-refractivity contribution in [1.29, 1.82) is 0 Å². The summed E-state index contributed by atoms with van der Waals surface area (Å²) in [6, 6.07) is 11.2. The van der Waals surface area contributed by atoms with Crippen LogP contribution in [0.1, 0.15) is 39.4 Å². The van der Waals surface area contributed by atoms with Crippen LogP contribution < -0.4 is 4.74 Å². The van der Waals surface area contributed by atoms with Crippen LogP contribution >= 0.6 is 24.4 Å². The van der Waals surface area contributed by atoms with Gasteiger partial charge in [-0.15, -0.1) is 0 Å². The van der Waals surface area contributed by atoms with Gasteiger partial charge in [0.25, 0.3) is 0 Å². The smallest absolute Gasteiger partial charge is 0.329 e. The van der Waals surface area contributed by atoms with Crippen LogP contribution in [0.15, 0.2) is 53.3 Å². The maximum atomic E-state index is 12.3. The lowest BCUT2D eigenvalue weighted by Crippen LogP contribution is -2.38. The second kappa shape index (κ2) is 10.5. The highest BCUT2D eigenvalue weighted by molar-refractivity contribution is 7.72. The first kappa shape index (κ1) is 26.6. The molecule has 194 valence electrons. The predicted molar refractivity (Wildman–Crippen MR) is 144 cm³/mol. The number of carbonyl (C=O) groups is 1. The van der Waals surface area contributed by atoms with Crippen molar-refractivity contribution in [3.8, 4) is 17.3 Å². The minimum atomic E-state index is -1.44. The number of carboxylic acids is 1. The lowest BCUT2D eigenvalue weighted by molar-refractivity contribution is -0.145. The number of oxazole rings is 1. The quantitative estimate of drug-likeness (QED) is 0.258. The van der Waals surface area contributed by atoms with Crippen molar-refractivity contribution in [2.45, 2.75) is 52.0 Å². The molecule has 0 unspecified atom stereocenters. The number of pyridine rings is 1. The van der Waals surface area contributed by atoms with Crippen molar-refractivity contribution in [3.63, 3.8) is 0 Å². The van der Waals surface area contributed by atoms with Crippen molar-refractivity contribution in [2.24, 2.45) is 0 Å². The molecule has 9 nitrogen and oxygen atoms in total. The summed E-state index contributed by atoms with van der Waals surface area (Å²) in [5.74, 6) is -0.0829. The van der Waals surface area contributed by atoms with Gasteiger partial charge in [-0.3, -0.25) is 4.57 Å². The molecule has 1 N–H and O–H groups in total. The second-order valence-electron chi connectivity index (χ2n) is 9.21. The Morgan fingerprint density at radius 1 is 1.19 bits per heavy atom. The zero-order valence-electron chi connectivity index (χ0n) is 21.2. The van der Waals surface area contributed by atoms with E-state index in [1.54, 1.807) is 27.0 Å². The molecule has 0 aliphatic rings. The van der Waals surface area contributed by atoms with Gasteiger partial charge in [-0.1, -0.05) is 30.4 Å². The van der Waals surface area contributed by atoms with E-state index in [-0.39, 0.29) is 22.1 Å². The number of aromatic nitrogens is 4. The van der Waals surface area contributed by atoms with Gasteiger partial charge >= 0.3 is 5.97 Å². The Hall–Kier alpha value is -3.41. The van der Waals surface area contributed by atoms with E-state index in [2.05, 4.69) is 4.98 Å². The Kier molecular flexibility index (Phi) is 7.58. The molecule has 0 aliphatic carbocycles. The molecule has 0 fully saturated rings. The van der Waals surface area contributed by atoms with E-state index in [1.807, 2.05) is 48.7 Å². The van der Waals surface area contributed by atoms with Crippen molar-refractivity contribution < 1.29 is 23.8 Å². The molecule has 37 heavy (non-hydrogen) atoms. The maximum Gasteiger partial charge on any atom is 0.329 e. The topological polar surface area (TPSA) is 105 Å². The van der Waals surface area contributed by atoms with Gasteiger partial charge in [0.05, 0.1) is 31.5 Å². The van der Waals surface area contributed by atoms with Crippen molar-refractivity contribution in [2.75, 3.05) is 7.11 Å². The van der Waals surface area contributed by atoms with Crippen LogP contribution in [0.3, 0.4) is 0 Å². The summed E-state index contributed by atoms with van der Waals surface area (Å²) >= 11 is 11.6. The number of hydrogen-bond donors (Lipinski definition) is 1. The number of aliphatic carboxylic acids is 1. The fourth-order valence-corrected chi connectivity index (χ4v) is 5.13. The van der Waals surface area contributed by atoms with Gasteiger partial charge in [-0.2, -0.15) is 0 Å². The number of methoxy groups -OCH3 is 1. The minimum absolute atomic E-state index is 0.106. The van der Waals surface area contributed by atoms with E-state index in [1.165, 1.54) is 17.0 Å². The Labute approximate surface area is 224 Å². The van der Waals surface area contributed by atoms with Crippen LogP contribution in [0.25, 0.3) is 22.6 Å². The number of para-hydroxylation sites is 1. The molecule has 0 aliphatic heterocycles. The largest absolute Gasteiger partial charge is 0.496 e. The van der Waals surface area contributed by atoms with Crippen LogP contribution in [-0.2, 0) is 21.6 Å². The lowest BCUT2D eigenvalue weighted by Gasteiger charge is -2.29. The highest BCUT2D eigenvalue weighted by Crippen LogP contribution is 2.32. The van der Waals surface area contributed by atoms with E-state index in [4.69, 9.17) is 43.3 Å². The Balaban J connectivity index is 2.01. The fourth-order valence-electron chi connectivity index (χ4n) is 4.12. The summed E-state index contributed by atoms with van der Waals surface area (Å²) in [6.07, 6.45) is 2.41. The fraction of sp³-hybridized carbons (Fsp3) is 0.346. The summed E-state index contributed by atoms with van der Waals surface area (Å²) in [7, 11) is 1.61. The molecule has 3 aromatic heterocycles. The number of hydrogen-bond acceptors (Lipinski definition) is 8. The van der Waals surface area contributed by atoms with E-state index in [0.29, 0.717) is 28.4 Å². The van der Waals surface area contributed by atoms with Gasteiger partial charge in [0.2, 0.25) is 5.89 Å². The van der Waals surface area contributed by atoms with E-state index in [9.17, 15) is 9.90 Å². The maximum absolute atomic E-state index is 12.3. The molecular formula is C26H28N4O5S2. The molecule has 0 saturated carbocycles. The molecule has 4 aromatic rings. The molecule has 1 atom stereocenters. The van der Waals surface area contributed by atoms with Gasteiger partial charge < -0.3 is 23.6 Å². The van der Waals surface area contributed by atoms with Crippen molar-refractivity contribution >= 4 is 41.4 Å². The average molecular weight is 541 g/mol. The van der Waals surface area contributed by atoms with Crippen LogP contribution in [0, 0.1) is 9.41 Å². The number of rotatable bonds is 9. The molecule has 0 bridgehead atoms. The third-order valence-corrected chi connectivity index (χ3v) is 6.78. The van der Waals surface area contributed by atoms with Gasteiger partial charge in [-0.25, -0.2) is 14.8 Å². The van der Waals surface area contributed by atoms with Gasteiger partial charge in [0.1, 0.15) is 39.5 Å². The van der Waals surface area contributed by atoms with Crippen LogP contribution in [0.2, 0.25) is 0 Å². The zero-order valence-corrected chi connectivity index (χ0v) is 22.8. The predicted octanol–water partition coefficient (Wildman–Crippen LogP) is 5.95. The first-order valence-corrected chi connectivity index (χ1v) is 12.5. The molecule has 0 saturated heterocycles. The summed E-state index contributed by atoms with van der Waals surface area (Å²) in [5, 5.41) is 10.0. The van der Waals surface area contributed by atoms with Crippen LogP contribution in [-0.4, -0.2) is 43.4 Å².